The van der Waals surface area contributed by atoms with Gasteiger partial charge in [0.05, 0.1) is 0 Å². The normalized spacial score (nSPS) is 10.7. The lowest BCUT2D eigenvalue weighted by Gasteiger charge is -1.99. The van der Waals surface area contributed by atoms with Crippen LogP contribution in [0.1, 0.15) is 10.6 Å². The van der Waals surface area contributed by atoms with Crippen molar-refractivity contribution in [1.29, 1.82) is 0 Å². The predicted octanol–water partition coefficient (Wildman–Crippen LogP) is -0.372. The van der Waals surface area contributed by atoms with Crippen LogP contribution in [-0.4, -0.2) is 41.7 Å². The summed E-state index contributed by atoms with van der Waals surface area (Å²) >= 11 is 1.27. The largest absolute Gasteiger partial charge is 0.475 e. The zero-order chi connectivity index (χ0) is 11.0. The molecule has 0 fully saturated rings. The molecule has 15 heavy (non-hydrogen) atoms. The summed E-state index contributed by atoms with van der Waals surface area (Å²) in [7, 11) is 0. The minimum Gasteiger partial charge on any atom is -0.475 e. The highest BCUT2D eigenvalue weighted by Gasteiger charge is 2.15. The number of anilines is 1. The first-order valence-electron chi connectivity index (χ1n) is 3.80. The Balaban J connectivity index is 2.74. The Kier molecular flexibility index (Phi) is 2.15. The van der Waals surface area contributed by atoms with Gasteiger partial charge in [-0.25, -0.2) is 9.78 Å². The number of carboxylic acid groups (broad SMARTS) is 1. The molecule has 0 saturated heterocycles. The van der Waals surface area contributed by atoms with Gasteiger partial charge >= 0.3 is 5.97 Å². The molecule has 0 amide bonds. The number of nitrogen functional groups attached to an aromatic ring is 1. The molecule has 78 valence electrons. The second-order valence-electron chi connectivity index (χ2n) is 2.55. The highest BCUT2D eigenvalue weighted by molar-refractivity contribution is 7.97. The van der Waals surface area contributed by atoms with Gasteiger partial charge < -0.3 is 10.8 Å². The van der Waals surface area contributed by atoms with Crippen LogP contribution in [0.15, 0.2) is 0 Å². The summed E-state index contributed by atoms with van der Waals surface area (Å²) in [5.74, 6) is -1.58. The monoisotopic (exact) mass is 226 g/mol. The Morgan fingerprint density at radius 2 is 2.27 bits per heavy atom. The number of hydrogen-bond donors (Lipinski definition) is 2. The van der Waals surface area contributed by atoms with E-state index in [2.05, 4.69) is 20.3 Å². The van der Waals surface area contributed by atoms with Crippen molar-refractivity contribution in [2.45, 2.75) is 0 Å². The summed E-state index contributed by atoms with van der Waals surface area (Å²) in [6.07, 6.45) is 1.78. The minimum atomic E-state index is -1.25. The number of nitrogens with two attached hydrogens (primary N) is 1. The lowest BCUT2D eigenvalue weighted by Crippen LogP contribution is -2.07. The van der Waals surface area contributed by atoms with E-state index in [1.807, 2.05) is 0 Å². The molecule has 0 saturated carbocycles. The molecule has 9 heteroatoms. The Morgan fingerprint density at radius 1 is 1.53 bits per heavy atom. The number of aromatic carboxylic acids is 1. The number of nitrogens with zero attached hydrogens (tertiary/aromatic N) is 5. The van der Waals surface area contributed by atoms with Gasteiger partial charge in [0.25, 0.3) is 0 Å². The van der Waals surface area contributed by atoms with Crippen LogP contribution in [0, 0.1) is 0 Å². The molecule has 0 radical (unpaired) electrons. The number of carbonyl (C=O) groups is 1. The maximum absolute atomic E-state index is 10.6. The average molecular weight is 226 g/mol. The molecular weight excluding hydrogens is 220 g/mol. The predicted molar refractivity (Wildman–Crippen MR) is 53.4 cm³/mol. The topological polar surface area (TPSA) is 120 Å². The van der Waals surface area contributed by atoms with Crippen molar-refractivity contribution in [3.05, 3.63) is 5.82 Å². The van der Waals surface area contributed by atoms with Crippen molar-refractivity contribution in [3.63, 3.8) is 0 Å². The molecule has 0 aliphatic carbocycles. The lowest BCUT2D eigenvalue weighted by molar-refractivity contribution is 0.0684. The molecule has 3 N–H and O–H groups in total. The fourth-order valence-corrected chi connectivity index (χ4v) is 1.53. The van der Waals surface area contributed by atoms with Crippen LogP contribution in [0.25, 0.3) is 11.2 Å². The van der Waals surface area contributed by atoms with Crippen LogP contribution in [0.3, 0.4) is 0 Å². The van der Waals surface area contributed by atoms with E-state index in [0.29, 0.717) is 5.52 Å². The fraction of sp³-hybridized carbons (Fsp3) is 0.167. The van der Waals surface area contributed by atoms with Crippen LogP contribution in [0.5, 0.6) is 0 Å². The zero-order valence-electron chi connectivity index (χ0n) is 7.58. The van der Waals surface area contributed by atoms with Gasteiger partial charge in [-0.05, 0) is 11.9 Å². The third kappa shape index (κ3) is 1.46. The van der Waals surface area contributed by atoms with Crippen molar-refractivity contribution in [2.24, 2.45) is 0 Å². The Labute approximate surface area is 87.6 Å². The second kappa shape index (κ2) is 3.35. The fourth-order valence-electron chi connectivity index (χ4n) is 1.06. The van der Waals surface area contributed by atoms with Gasteiger partial charge in [-0.1, -0.05) is 5.21 Å². The summed E-state index contributed by atoms with van der Waals surface area (Å²) in [6, 6.07) is 0. The quantitative estimate of drug-likeness (QED) is 0.711. The van der Waals surface area contributed by atoms with Gasteiger partial charge in [-0.2, -0.15) is 9.07 Å². The first-order chi connectivity index (χ1) is 7.13. The van der Waals surface area contributed by atoms with E-state index in [9.17, 15) is 4.79 Å². The summed E-state index contributed by atoms with van der Waals surface area (Å²) < 4.78 is 1.43. The third-order valence-corrected chi connectivity index (χ3v) is 2.27. The molecule has 0 aromatic carbocycles. The van der Waals surface area contributed by atoms with Crippen LogP contribution in [0.2, 0.25) is 0 Å². The van der Waals surface area contributed by atoms with Crippen LogP contribution >= 0.6 is 11.9 Å². The first-order valence-corrected chi connectivity index (χ1v) is 4.98. The summed E-state index contributed by atoms with van der Waals surface area (Å²) in [5, 5.41) is 16.1. The SMILES string of the molecule is CSn1nnc2nc(C(=O)O)nc(N)c21. The van der Waals surface area contributed by atoms with E-state index in [4.69, 9.17) is 10.8 Å². The van der Waals surface area contributed by atoms with Gasteiger partial charge in [0, 0.05) is 6.26 Å². The molecule has 0 atom stereocenters. The van der Waals surface area contributed by atoms with E-state index < -0.39 is 5.97 Å². The molecule has 2 aromatic heterocycles. The number of aromatic nitrogens is 5. The van der Waals surface area contributed by atoms with E-state index in [-0.39, 0.29) is 17.3 Å². The van der Waals surface area contributed by atoms with Crippen molar-refractivity contribution in [1.82, 2.24) is 24.4 Å². The summed E-state index contributed by atoms with van der Waals surface area (Å²) in [4.78, 5) is 18.0. The van der Waals surface area contributed by atoms with Gasteiger partial charge in [0.2, 0.25) is 11.5 Å². The molecule has 8 nitrogen and oxygen atoms in total. The molecule has 0 aliphatic heterocycles. The van der Waals surface area contributed by atoms with Gasteiger partial charge in [0.15, 0.2) is 11.3 Å². The van der Waals surface area contributed by atoms with E-state index in [0.717, 1.165) is 0 Å². The summed E-state index contributed by atoms with van der Waals surface area (Å²) in [6.45, 7) is 0. The van der Waals surface area contributed by atoms with E-state index in [1.165, 1.54) is 16.0 Å². The number of carboxylic acids is 1. The van der Waals surface area contributed by atoms with E-state index in [1.54, 1.807) is 6.26 Å². The Hall–Kier alpha value is -1.90. The molecule has 2 aromatic rings. The third-order valence-electron chi connectivity index (χ3n) is 1.67. The highest BCUT2D eigenvalue weighted by atomic mass is 32.2. The first kappa shape index (κ1) is 9.65. The minimum absolute atomic E-state index is 0.0525. The standard InChI is InChI=1S/C6H6N6O2S/c1-15-12-2-3(7)8-5(6(13)14)9-4(2)10-11-12/h1H3,(H,13,14)(H2,7,8,9). The van der Waals surface area contributed by atoms with Crippen LogP contribution < -0.4 is 5.73 Å². The van der Waals surface area contributed by atoms with Crippen molar-refractivity contribution < 1.29 is 9.90 Å². The van der Waals surface area contributed by atoms with Crippen molar-refractivity contribution >= 4 is 34.9 Å². The van der Waals surface area contributed by atoms with Gasteiger partial charge in [0.1, 0.15) is 0 Å². The molecule has 0 aliphatic rings. The highest BCUT2D eigenvalue weighted by Crippen LogP contribution is 2.18. The molecule has 0 unspecified atom stereocenters. The van der Waals surface area contributed by atoms with E-state index >= 15 is 0 Å². The van der Waals surface area contributed by atoms with Gasteiger partial charge in [-0.3, -0.25) is 0 Å². The Bertz CT molecular complexity index is 538. The maximum Gasteiger partial charge on any atom is 0.374 e. The lowest BCUT2D eigenvalue weighted by atomic mass is 10.4. The molecular formula is C6H6N6O2S. The number of rotatable bonds is 2. The van der Waals surface area contributed by atoms with Crippen molar-refractivity contribution in [3.8, 4) is 0 Å². The molecule has 2 rings (SSSR count). The number of hydrogen-bond acceptors (Lipinski definition) is 7. The molecule has 0 bridgehead atoms. The zero-order valence-corrected chi connectivity index (χ0v) is 8.39. The summed E-state index contributed by atoms with van der Waals surface area (Å²) in [5.41, 5.74) is 6.19. The molecule has 2 heterocycles. The second-order valence-corrected chi connectivity index (χ2v) is 3.27. The number of fused-ring (bicyclic) bond motifs is 1. The van der Waals surface area contributed by atoms with Crippen LogP contribution in [-0.2, 0) is 0 Å². The average Bonchev–Trinajstić information content (AvgIpc) is 2.60. The van der Waals surface area contributed by atoms with Crippen molar-refractivity contribution in [2.75, 3.05) is 12.0 Å². The maximum atomic E-state index is 10.6. The van der Waals surface area contributed by atoms with Gasteiger partial charge in [-0.15, -0.1) is 5.10 Å². The molecule has 0 spiro atoms. The Morgan fingerprint density at radius 3 is 2.87 bits per heavy atom. The smallest absolute Gasteiger partial charge is 0.374 e. The van der Waals surface area contributed by atoms with Crippen LogP contribution in [0.4, 0.5) is 5.82 Å².